The van der Waals surface area contributed by atoms with Gasteiger partial charge in [0.2, 0.25) is 0 Å². The molecule has 0 saturated carbocycles. The smallest absolute Gasteiger partial charge is 1.00 e. The molecule has 0 atom stereocenters. The molecule has 0 rings (SSSR count). The van der Waals surface area contributed by atoms with Gasteiger partial charge in [-0.1, -0.05) is 0 Å². The maximum atomic E-state index is 8.36. The molecule has 0 aromatic heterocycles. The predicted molar refractivity (Wildman–Crippen MR) is 17.9 cm³/mol. The largest absolute Gasteiger partial charge is 2.00 e. The van der Waals surface area contributed by atoms with E-state index in [-0.39, 0.29) is 80.0 Å². The van der Waals surface area contributed by atoms with E-state index in [1.54, 1.807) is 0 Å². The summed E-state index contributed by atoms with van der Waals surface area (Å²) >= 11 is -0.167. The van der Waals surface area contributed by atoms with Crippen LogP contribution in [-0.2, 0) is 0 Å². The maximum absolute atomic E-state index is 8.36. The summed E-state index contributed by atoms with van der Waals surface area (Å²) in [5.74, 6) is 0. The van der Waals surface area contributed by atoms with Crippen molar-refractivity contribution in [3.05, 3.63) is 10.1 Å². The van der Waals surface area contributed by atoms with Gasteiger partial charge in [0.1, 0.15) is 0 Å². The molecule has 0 bridgehead atoms. The molecule has 2 N–H and O–H groups in total. The molecular formula is H3CaClNNaO5+2. The summed E-state index contributed by atoms with van der Waals surface area (Å²) in [6.07, 6.45) is 0. The first-order valence-corrected chi connectivity index (χ1v) is 1.54. The third kappa shape index (κ3) is 204. The third-order valence-corrected chi connectivity index (χ3v) is 0. The fraction of sp³-hybridized carbons (Fsp3) is 0. The van der Waals surface area contributed by atoms with Crippen LogP contribution in [-0.4, -0.2) is 52.7 Å². The van der Waals surface area contributed by atoms with Gasteiger partial charge in [-0.15, -0.1) is 14.8 Å². The summed E-state index contributed by atoms with van der Waals surface area (Å²) in [5, 5.41) is 13.6. The summed E-state index contributed by atoms with van der Waals surface area (Å²) in [4.78, 5) is 8.36. The minimum absolute atomic E-state index is 0. The Morgan fingerprint density at radius 3 is 1.67 bits per heavy atom. The standard InChI is InChI=1S/Ca.ClHO2.HNO3.Na.H/c;2-1-3;2-1(3)4;;/h;2H;(H,2,3,4);;/q+2;;;+1;-1. The zero-order valence-corrected chi connectivity index (χ0v) is 9.62. The molecular weight excluding hydrogens is 193 g/mol. The van der Waals surface area contributed by atoms with Gasteiger partial charge < -0.3 is 11.3 Å². The first-order valence-electron chi connectivity index (χ1n) is 0.888. The molecule has 0 aromatic rings. The molecule has 0 aliphatic heterocycles. The van der Waals surface area contributed by atoms with Crippen molar-refractivity contribution in [2.45, 2.75) is 0 Å². The van der Waals surface area contributed by atoms with Crippen molar-refractivity contribution in [3.63, 3.8) is 0 Å². The van der Waals surface area contributed by atoms with Gasteiger partial charge in [0.25, 0.3) is 5.09 Å². The Morgan fingerprint density at radius 1 is 1.67 bits per heavy atom. The van der Waals surface area contributed by atoms with Crippen molar-refractivity contribution in [1.29, 1.82) is 0 Å². The van der Waals surface area contributed by atoms with E-state index in [4.69, 9.17) is 24.6 Å². The van der Waals surface area contributed by atoms with Gasteiger partial charge in [-0.25, -0.2) is 0 Å². The van der Waals surface area contributed by atoms with Crippen molar-refractivity contribution in [1.82, 2.24) is 0 Å². The monoisotopic (exact) mass is 195 g/mol. The first-order chi connectivity index (χ1) is 3.15. The number of hydrogen-bond acceptors (Lipinski definition) is 4. The van der Waals surface area contributed by atoms with Crippen LogP contribution in [0.25, 0.3) is 0 Å². The van der Waals surface area contributed by atoms with Crippen LogP contribution in [0.1, 0.15) is 1.43 Å². The summed E-state index contributed by atoms with van der Waals surface area (Å²) in [5.41, 5.74) is 0. The minimum Gasteiger partial charge on any atom is -1.00 e. The molecule has 0 fully saturated rings. The van der Waals surface area contributed by atoms with Crippen molar-refractivity contribution < 1.29 is 61.9 Å². The maximum Gasteiger partial charge on any atom is 2.00 e. The molecule has 6 nitrogen and oxygen atoms in total. The topological polar surface area (TPSA) is 107 Å². The zero-order chi connectivity index (χ0) is 6.28. The molecule has 46 valence electrons. The van der Waals surface area contributed by atoms with Crippen LogP contribution in [0.4, 0.5) is 0 Å². The van der Waals surface area contributed by atoms with Crippen LogP contribution in [0.5, 0.6) is 0 Å². The second kappa shape index (κ2) is 22.6. The summed E-state index contributed by atoms with van der Waals surface area (Å²) < 4.78 is 15.2. The van der Waals surface area contributed by atoms with Crippen LogP contribution in [0.3, 0.4) is 0 Å². The van der Waals surface area contributed by atoms with Gasteiger partial charge >= 0.3 is 78.6 Å². The van der Waals surface area contributed by atoms with E-state index >= 15 is 0 Å². The van der Waals surface area contributed by atoms with E-state index in [0.717, 1.165) is 0 Å². The van der Waals surface area contributed by atoms with E-state index in [1.807, 2.05) is 0 Å². The molecule has 0 heterocycles. The number of nitrogens with zero attached hydrogens (tertiary/aromatic N) is 1. The molecule has 9 heteroatoms. The number of hydrogen-bond donors (Lipinski definition) is 2. The molecule has 9 heavy (non-hydrogen) atoms. The van der Waals surface area contributed by atoms with Gasteiger partial charge in [0.05, 0.1) is 0 Å². The van der Waals surface area contributed by atoms with Crippen molar-refractivity contribution in [2.75, 3.05) is 0 Å². The normalized spacial score (nSPS) is 4.67. The Balaban J connectivity index is -0.0000000131. The third-order valence-electron chi connectivity index (χ3n) is 0. The SMILES string of the molecule is O=[N+]([O-])O.[Ca+2].[H-].[Na+].[O-][Cl+]O. The van der Waals surface area contributed by atoms with E-state index in [2.05, 4.69) is 0 Å². The predicted octanol–water partition coefficient (Wildman–Crippen LogP) is -5.36. The molecule has 0 aromatic carbocycles. The summed E-state index contributed by atoms with van der Waals surface area (Å²) in [6, 6.07) is 0. The minimum atomic E-state index is -1.50. The van der Waals surface area contributed by atoms with Gasteiger partial charge in [-0.2, -0.15) is 0 Å². The molecule has 0 amide bonds. The summed E-state index contributed by atoms with van der Waals surface area (Å²) in [7, 11) is 0. The van der Waals surface area contributed by atoms with Gasteiger partial charge in [0.15, 0.2) is 0 Å². The van der Waals surface area contributed by atoms with Crippen LogP contribution in [0.2, 0.25) is 0 Å². The van der Waals surface area contributed by atoms with Crippen LogP contribution in [0, 0.1) is 21.4 Å². The van der Waals surface area contributed by atoms with Crippen molar-refractivity contribution in [3.8, 4) is 0 Å². The first kappa shape index (κ1) is 22.4. The van der Waals surface area contributed by atoms with E-state index < -0.39 is 5.09 Å². The fourth-order valence-electron chi connectivity index (χ4n) is 0. The van der Waals surface area contributed by atoms with Crippen molar-refractivity contribution in [2.24, 2.45) is 0 Å². The Kier molecular flexibility index (Phi) is 56.3. The van der Waals surface area contributed by atoms with E-state index in [9.17, 15) is 0 Å². The summed E-state index contributed by atoms with van der Waals surface area (Å²) in [6.45, 7) is 0. The van der Waals surface area contributed by atoms with E-state index in [0.29, 0.717) is 0 Å². The Morgan fingerprint density at radius 2 is 1.67 bits per heavy atom. The molecule has 0 unspecified atom stereocenters. The Labute approximate surface area is 108 Å². The van der Waals surface area contributed by atoms with Crippen LogP contribution < -0.4 is 34.2 Å². The molecule has 0 spiro atoms. The van der Waals surface area contributed by atoms with Crippen LogP contribution in [0.15, 0.2) is 0 Å². The molecule has 0 aliphatic carbocycles. The van der Waals surface area contributed by atoms with Crippen LogP contribution >= 0.6 is 0 Å². The average molecular weight is 196 g/mol. The van der Waals surface area contributed by atoms with E-state index in [1.165, 1.54) is 0 Å². The van der Waals surface area contributed by atoms with Gasteiger partial charge in [0, 0.05) is 0 Å². The molecule has 0 radical (unpaired) electrons. The molecule has 0 saturated heterocycles. The number of halogens is 1. The number of rotatable bonds is 0. The molecule has 0 aliphatic rings. The Bertz CT molecular complexity index is 52.9. The quantitative estimate of drug-likeness (QED) is 0.228. The average Bonchev–Trinajstić information content (AvgIpc) is 1.33. The van der Waals surface area contributed by atoms with Gasteiger partial charge in [-0.3, -0.25) is 0 Å². The van der Waals surface area contributed by atoms with Gasteiger partial charge in [-0.05, 0) is 0 Å². The second-order valence-corrected chi connectivity index (χ2v) is 0.445. The zero-order valence-electron chi connectivity index (χ0n) is 5.65. The Hall–Kier alpha value is 1.67. The second-order valence-electron chi connectivity index (χ2n) is 0.307. The van der Waals surface area contributed by atoms with Crippen molar-refractivity contribution >= 4 is 37.7 Å². The fourth-order valence-corrected chi connectivity index (χ4v) is 0.